The van der Waals surface area contributed by atoms with Crippen molar-refractivity contribution in [1.29, 1.82) is 0 Å². The fraction of sp³-hybridized carbons (Fsp3) is 0.867. The van der Waals surface area contributed by atoms with E-state index in [0.29, 0.717) is 0 Å². The first-order valence-corrected chi connectivity index (χ1v) is 6.74. The van der Waals surface area contributed by atoms with E-state index in [9.17, 15) is 0 Å². The number of hydrogen-bond acceptors (Lipinski definition) is 0. The molecule has 1 aliphatic rings. The van der Waals surface area contributed by atoms with Crippen molar-refractivity contribution in [2.75, 3.05) is 0 Å². The second-order valence-corrected chi connectivity index (χ2v) is 5.64. The van der Waals surface area contributed by atoms with E-state index in [1.54, 1.807) is 0 Å². The van der Waals surface area contributed by atoms with Gasteiger partial charge >= 0.3 is 0 Å². The molecule has 88 valence electrons. The Morgan fingerprint density at radius 3 is 2.40 bits per heavy atom. The van der Waals surface area contributed by atoms with Crippen molar-refractivity contribution >= 4 is 0 Å². The highest BCUT2D eigenvalue weighted by Crippen LogP contribution is 2.44. The van der Waals surface area contributed by atoms with Gasteiger partial charge in [0.1, 0.15) is 0 Å². The Bertz CT molecular complexity index is 200. The highest BCUT2D eigenvalue weighted by Gasteiger charge is 2.35. The van der Waals surface area contributed by atoms with E-state index in [4.69, 9.17) is 0 Å². The molecule has 0 N–H and O–H groups in total. The first-order valence-electron chi connectivity index (χ1n) is 6.74. The Kier molecular flexibility index (Phi) is 4.89. The minimum Gasteiger partial charge on any atom is -0.0914 e. The maximum Gasteiger partial charge on any atom is -0.0172 e. The molecule has 1 rings (SSSR count). The Morgan fingerprint density at radius 2 is 1.93 bits per heavy atom. The molecule has 0 heteroatoms. The highest BCUT2D eigenvalue weighted by molar-refractivity contribution is 4.98. The van der Waals surface area contributed by atoms with Gasteiger partial charge in [-0.2, -0.15) is 0 Å². The van der Waals surface area contributed by atoms with Gasteiger partial charge in [0.2, 0.25) is 0 Å². The van der Waals surface area contributed by atoms with E-state index in [1.807, 2.05) is 0 Å². The summed E-state index contributed by atoms with van der Waals surface area (Å²) in [5.74, 6) is 4.44. The molecule has 0 aromatic rings. The van der Waals surface area contributed by atoms with Crippen LogP contribution >= 0.6 is 0 Å². The summed E-state index contributed by atoms with van der Waals surface area (Å²) < 4.78 is 0. The molecule has 0 aliphatic heterocycles. The smallest absolute Gasteiger partial charge is 0.0172 e. The molecule has 0 bridgehead atoms. The summed E-state index contributed by atoms with van der Waals surface area (Å²) in [6.45, 7) is 11.8. The zero-order chi connectivity index (χ0) is 11.4. The normalized spacial score (nSPS) is 37.7. The summed E-state index contributed by atoms with van der Waals surface area (Å²) in [5, 5.41) is 0. The predicted molar refractivity (Wildman–Crippen MR) is 68.8 cm³/mol. The number of allylic oxidation sites excluding steroid dienone is 2. The molecular weight excluding hydrogens is 180 g/mol. The van der Waals surface area contributed by atoms with Crippen LogP contribution in [0.5, 0.6) is 0 Å². The lowest BCUT2D eigenvalue weighted by molar-refractivity contribution is 0.0984. The van der Waals surface area contributed by atoms with Crippen LogP contribution in [0.15, 0.2) is 12.2 Å². The summed E-state index contributed by atoms with van der Waals surface area (Å²) in [7, 11) is 0. The van der Waals surface area contributed by atoms with Crippen molar-refractivity contribution in [3.05, 3.63) is 12.2 Å². The molecule has 0 nitrogen and oxygen atoms in total. The van der Waals surface area contributed by atoms with Gasteiger partial charge in [0.25, 0.3) is 0 Å². The van der Waals surface area contributed by atoms with Crippen LogP contribution in [-0.2, 0) is 0 Å². The van der Waals surface area contributed by atoms with Crippen LogP contribution in [0.3, 0.4) is 0 Å². The molecule has 0 radical (unpaired) electrons. The Morgan fingerprint density at radius 1 is 1.27 bits per heavy atom. The van der Waals surface area contributed by atoms with Crippen molar-refractivity contribution < 1.29 is 0 Å². The van der Waals surface area contributed by atoms with E-state index in [1.165, 1.54) is 19.3 Å². The van der Waals surface area contributed by atoms with Crippen LogP contribution < -0.4 is 0 Å². The van der Waals surface area contributed by atoms with Crippen LogP contribution in [0, 0.1) is 29.6 Å². The average Bonchev–Trinajstić information content (AvgIpc) is 2.18. The van der Waals surface area contributed by atoms with Gasteiger partial charge in [-0.1, -0.05) is 52.7 Å². The second kappa shape index (κ2) is 5.72. The quantitative estimate of drug-likeness (QED) is 0.578. The zero-order valence-corrected chi connectivity index (χ0v) is 11.2. The fourth-order valence-corrected chi connectivity index (χ4v) is 3.52. The number of rotatable bonds is 3. The molecular formula is C15H28. The van der Waals surface area contributed by atoms with Crippen LogP contribution in [0.4, 0.5) is 0 Å². The fourth-order valence-electron chi connectivity index (χ4n) is 3.52. The third-order valence-electron chi connectivity index (χ3n) is 4.42. The van der Waals surface area contributed by atoms with Gasteiger partial charge in [0.15, 0.2) is 0 Å². The molecule has 0 saturated heterocycles. The van der Waals surface area contributed by atoms with Crippen molar-refractivity contribution in [2.24, 2.45) is 29.6 Å². The van der Waals surface area contributed by atoms with Gasteiger partial charge in [-0.3, -0.25) is 0 Å². The van der Waals surface area contributed by atoms with E-state index in [2.05, 4.69) is 46.8 Å². The minimum absolute atomic E-state index is 0.837. The number of hydrogen-bond donors (Lipinski definition) is 0. The third-order valence-corrected chi connectivity index (χ3v) is 4.42. The van der Waals surface area contributed by atoms with Gasteiger partial charge in [-0.25, -0.2) is 0 Å². The standard InChI is InChI=1S/C15H28/c1-6-8-15-13(7-2)12(5)9-10-14(15)11(3)4/h6,8,11-15H,7,9-10H2,1-5H3/b8-6+. The van der Waals surface area contributed by atoms with E-state index in [-0.39, 0.29) is 0 Å². The molecule has 0 amide bonds. The lowest BCUT2D eigenvalue weighted by Crippen LogP contribution is -2.34. The summed E-state index contributed by atoms with van der Waals surface area (Å²) in [6, 6.07) is 0. The van der Waals surface area contributed by atoms with Gasteiger partial charge in [0.05, 0.1) is 0 Å². The minimum atomic E-state index is 0.837. The van der Waals surface area contributed by atoms with Crippen molar-refractivity contribution in [3.63, 3.8) is 0 Å². The topological polar surface area (TPSA) is 0 Å². The molecule has 0 heterocycles. The van der Waals surface area contributed by atoms with Crippen LogP contribution in [-0.4, -0.2) is 0 Å². The van der Waals surface area contributed by atoms with Crippen molar-refractivity contribution in [3.8, 4) is 0 Å². The van der Waals surface area contributed by atoms with Gasteiger partial charge in [0, 0.05) is 0 Å². The second-order valence-electron chi connectivity index (χ2n) is 5.64. The lowest BCUT2D eigenvalue weighted by Gasteiger charge is -2.42. The van der Waals surface area contributed by atoms with Crippen molar-refractivity contribution in [1.82, 2.24) is 0 Å². The lowest BCUT2D eigenvalue weighted by atomic mass is 9.63. The van der Waals surface area contributed by atoms with Gasteiger partial charge in [-0.15, -0.1) is 0 Å². The summed E-state index contributed by atoms with van der Waals surface area (Å²) in [6.07, 6.45) is 8.97. The maximum atomic E-state index is 2.48. The van der Waals surface area contributed by atoms with Crippen molar-refractivity contribution in [2.45, 2.75) is 53.9 Å². The first kappa shape index (κ1) is 12.8. The summed E-state index contributed by atoms with van der Waals surface area (Å²) in [4.78, 5) is 0. The SMILES string of the molecule is C/C=C/C1C(C(C)C)CCC(C)C1CC. The molecule has 0 aromatic heterocycles. The van der Waals surface area contributed by atoms with Crippen LogP contribution in [0.1, 0.15) is 53.9 Å². The monoisotopic (exact) mass is 208 g/mol. The zero-order valence-electron chi connectivity index (χ0n) is 11.2. The van der Waals surface area contributed by atoms with E-state index < -0.39 is 0 Å². The maximum absolute atomic E-state index is 2.48. The summed E-state index contributed by atoms with van der Waals surface area (Å²) in [5.41, 5.74) is 0. The van der Waals surface area contributed by atoms with Gasteiger partial charge in [-0.05, 0) is 42.9 Å². The highest BCUT2D eigenvalue weighted by atomic mass is 14.4. The Hall–Kier alpha value is -0.260. The molecule has 1 saturated carbocycles. The molecule has 15 heavy (non-hydrogen) atoms. The molecule has 1 fully saturated rings. The summed E-state index contributed by atoms with van der Waals surface area (Å²) >= 11 is 0. The van der Waals surface area contributed by atoms with Crippen LogP contribution in [0.2, 0.25) is 0 Å². The molecule has 4 unspecified atom stereocenters. The molecule has 1 aliphatic carbocycles. The van der Waals surface area contributed by atoms with E-state index in [0.717, 1.165) is 29.6 Å². The van der Waals surface area contributed by atoms with E-state index >= 15 is 0 Å². The van der Waals surface area contributed by atoms with Gasteiger partial charge < -0.3 is 0 Å². The Balaban J connectivity index is 2.82. The first-order chi connectivity index (χ1) is 7.11. The average molecular weight is 208 g/mol. The third kappa shape index (κ3) is 2.86. The molecule has 4 atom stereocenters. The van der Waals surface area contributed by atoms with Crippen LogP contribution in [0.25, 0.3) is 0 Å². The Labute approximate surface area is 96.2 Å². The molecule has 0 spiro atoms. The predicted octanol–water partition coefficient (Wildman–Crippen LogP) is 4.91. The molecule has 0 aromatic carbocycles. The largest absolute Gasteiger partial charge is 0.0914 e.